The summed E-state index contributed by atoms with van der Waals surface area (Å²) in [6, 6.07) is 15.1. The lowest BCUT2D eigenvalue weighted by Gasteiger charge is -2.34. The Balaban J connectivity index is 1.60. The summed E-state index contributed by atoms with van der Waals surface area (Å²) in [5.74, 6) is -0.822. The van der Waals surface area contributed by atoms with Crippen molar-refractivity contribution in [2.75, 3.05) is 19.8 Å². The fourth-order valence-corrected chi connectivity index (χ4v) is 2.90. The van der Waals surface area contributed by atoms with Crippen LogP contribution >= 0.6 is 0 Å². The predicted octanol–water partition coefficient (Wildman–Crippen LogP) is 1.91. The van der Waals surface area contributed by atoms with Gasteiger partial charge in [-0.05, 0) is 29.7 Å². The maximum atomic E-state index is 13.1. The largest absolute Gasteiger partial charge is 0.369 e. The van der Waals surface area contributed by atoms with Gasteiger partial charge in [0.05, 0.1) is 6.61 Å². The predicted molar refractivity (Wildman–Crippen MR) is 94.7 cm³/mol. The number of carbonyl (C=O) groups is 2. The van der Waals surface area contributed by atoms with E-state index < -0.39 is 6.04 Å². The first-order valence-electron chi connectivity index (χ1n) is 8.57. The van der Waals surface area contributed by atoms with Crippen molar-refractivity contribution in [3.8, 4) is 0 Å². The van der Waals surface area contributed by atoms with E-state index in [0.717, 1.165) is 11.1 Å². The van der Waals surface area contributed by atoms with Crippen LogP contribution in [0.1, 0.15) is 11.1 Å². The lowest BCUT2D eigenvalue weighted by Crippen LogP contribution is -2.56. The molecular weight excluding hydrogens is 335 g/mol. The third-order valence-electron chi connectivity index (χ3n) is 4.32. The summed E-state index contributed by atoms with van der Waals surface area (Å²) in [6.45, 7) is 0.844. The van der Waals surface area contributed by atoms with Gasteiger partial charge < -0.3 is 15.0 Å². The van der Waals surface area contributed by atoms with Crippen LogP contribution in [0.5, 0.6) is 0 Å². The highest BCUT2D eigenvalue weighted by Crippen LogP contribution is 2.14. The Morgan fingerprint density at radius 2 is 1.85 bits per heavy atom. The van der Waals surface area contributed by atoms with Crippen LogP contribution < -0.4 is 5.32 Å². The minimum absolute atomic E-state index is 0.0466. The zero-order valence-corrected chi connectivity index (χ0v) is 14.4. The van der Waals surface area contributed by atoms with Gasteiger partial charge in [0, 0.05) is 13.1 Å². The Hall–Kier alpha value is -2.73. The Kier molecular flexibility index (Phi) is 5.96. The maximum Gasteiger partial charge on any atom is 0.249 e. The van der Waals surface area contributed by atoms with Crippen LogP contribution in [0.2, 0.25) is 0 Å². The zero-order chi connectivity index (χ0) is 18.4. The number of nitrogens with one attached hydrogen (secondary N) is 1. The number of benzene rings is 2. The van der Waals surface area contributed by atoms with Crippen molar-refractivity contribution in [2.45, 2.75) is 19.0 Å². The zero-order valence-electron chi connectivity index (χ0n) is 14.4. The number of hydrogen-bond donors (Lipinski definition) is 1. The molecule has 0 aromatic heterocycles. The Morgan fingerprint density at radius 3 is 2.58 bits per heavy atom. The molecule has 1 aliphatic rings. The molecule has 3 rings (SSSR count). The van der Waals surface area contributed by atoms with Crippen molar-refractivity contribution in [2.24, 2.45) is 0 Å². The number of amides is 2. The Morgan fingerprint density at radius 1 is 1.12 bits per heavy atom. The molecule has 0 radical (unpaired) electrons. The molecule has 26 heavy (non-hydrogen) atoms. The number of rotatable bonds is 6. The van der Waals surface area contributed by atoms with E-state index in [9.17, 15) is 14.0 Å². The molecule has 1 heterocycles. The quantitative estimate of drug-likeness (QED) is 0.860. The van der Waals surface area contributed by atoms with E-state index in [2.05, 4.69) is 5.32 Å². The molecule has 1 N–H and O–H groups in total. The molecule has 1 saturated heterocycles. The van der Waals surface area contributed by atoms with Crippen molar-refractivity contribution in [3.05, 3.63) is 71.5 Å². The van der Waals surface area contributed by atoms with Crippen LogP contribution in [0.25, 0.3) is 0 Å². The van der Waals surface area contributed by atoms with E-state index in [-0.39, 0.29) is 37.4 Å². The molecular formula is C20H21FN2O3. The van der Waals surface area contributed by atoms with E-state index in [1.807, 2.05) is 30.3 Å². The van der Waals surface area contributed by atoms with Gasteiger partial charge in [0.25, 0.3) is 0 Å². The number of nitrogens with zero attached hydrogens (tertiary/aromatic N) is 1. The number of carbonyl (C=O) groups excluding carboxylic acids is 2. The fourth-order valence-electron chi connectivity index (χ4n) is 2.90. The van der Waals surface area contributed by atoms with Gasteiger partial charge in [-0.2, -0.15) is 0 Å². The highest BCUT2D eigenvalue weighted by molar-refractivity contribution is 5.89. The first-order valence-corrected chi connectivity index (χ1v) is 8.57. The first-order chi connectivity index (χ1) is 12.6. The highest BCUT2D eigenvalue weighted by Gasteiger charge is 2.33. The van der Waals surface area contributed by atoms with Gasteiger partial charge in [0.15, 0.2) is 0 Å². The molecule has 0 spiro atoms. The van der Waals surface area contributed by atoms with Crippen LogP contribution in [0.15, 0.2) is 54.6 Å². The number of ether oxygens (including phenoxy) is 1. The summed E-state index contributed by atoms with van der Waals surface area (Å²) in [7, 11) is 0. The minimum Gasteiger partial charge on any atom is -0.369 e. The summed E-state index contributed by atoms with van der Waals surface area (Å²) >= 11 is 0. The monoisotopic (exact) mass is 356 g/mol. The molecule has 2 amide bonds. The highest BCUT2D eigenvalue weighted by atomic mass is 19.1. The van der Waals surface area contributed by atoms with E-state index in [0.29, 0.717) is 13.0 Å². The van der Waals surface area contributed by atoms with Crippen LogP contribution in [0, 0.1) is 5.82 Å². The number of hydrogen-bond acceptors (Lipinski definition) is 3. The lowest BCUT2D eigenvalue weighted by molar-refractivity contribution is -0.155. The van der Waals surface area contributed by atoms with E-state index in [1.54, 1.807) is 12.1 Å². The van der Waals surface area contributed by atoms with Crippen LogP contribution in [0.3, 0.4) is 0 Å². The smallest absolute Gasteiger partial charge is 0.249 e. The summed E-state index contributed by atoms with van der Waals surface area (Å²) < 4.78 is 18.3. The van der Waals surface area contributed by atoms with E-state index in [1.165, 1.54) is 17.0 Å². The normalized spacial score (nSPS) is 17.2. The van der Waals surface area contributed by atoms with Gasteiger partial charge in [-0.25, -0.2) is 4.39 Å². The molecule has 1 atom stereocenters. The molecule has 0 unspecified atom stereocenters. The second kappa shape index (κ2) is 8.58. The topological polar surface area (TPSA) is 58.6 Å². The van der Waals surface area contributed by atoms with Gasteiger partial charge in [-0.3, -0.25) is 9.59 Å². The average Bonchev–Trinajstić information content (AvgIpc) is 2.66. The summed E-state index contributed by atoms with van der Waals surface area (Å²) in [6.07, 6.45) is 0.714. The first kappa shape index (κ1) is 18.1. The molecule has 2 aromatic rings. The third-order valence-corrected chi connectivity index (χ3v) is 4.32. The Labute approximate surface area is 151 Å². The maximum absolute atomic E-state index is 13.1. The molecule has 0 bridgehead atoms. The molecule has 5 nitrogen and oxygen atoms in total. The van der Waals surface area contributed by atoms with Gasteiger partial charge in [-0.1, -0.05) is 42.5 Å². The second-order valence-corrected chi connectivity index (χ2v) is 6.21. The van der Waals surface area contributed by atoms with Gasteiger partial charge in [0.2, 0.25) is 11.8 Å². The van der Waals surface area contributed by atoms with E-state index >= 15 is 0 Å². The van der Waals surface area contributed by atoms with Crippen molar-refractivity contribution in [1.29, 1.82) is 0 Å². The van der Waals surface area contributed by atoms with Crippen molar-refractivity contribution in [3.63, 3.8) is 0 Å². The SMILES string of the molecule is O=C(NCCc1ccccc1)[C@@H]1COCC(=O)N1Cc1ccc(F)cc1. The molecule has 2 aromatic carbocycles. The van der Waals surface area contributed by atoms with Gasteiger partial charge in [-0.15, -0.1) is 0 Å². The van der Waals surface area contributed by atoms with Crippen LogP contribution in [-0.4, -0.2) is 42.5 Å². The standard InChI is InChI=1S/C20H21FN2O3/c21-17-8-6-16(7-9-17)12-23-18(13-26-14-19(23)24)20(25)22-11-10-15-4-2-1-3-5-15/h1-9,18H,10-14H2,(H,22,25)/t18-/m0/s1. The van der Waals surface area contributed by atoms with Crippen LogP contribution in [0.4, 0.5) is 4.39 Å². The van der Waals surface area contributed by atoms with Crippen molar-refractivity contribution < 1.29 is 18.7 Å². The molecule has 0 saturated carbocycles. The van der Waals surface area contributed by atoms with Crippen molar-refractivity contribution >= 4 is 11.8 Å². The lowest BCUT2D eigenvalue weighted by atomic mass is 10.1. The van der Waals surface area contributed by atoms with Crippen LogP contribution in [-0.2, 0) is 27.3 Å². The average molecular weight is 356 g/mol. The minimum atomic E-state index is -0.683. The molecule has 1 aliphatic heterocycles. The molecule has 1 fully saturated rings. The molecule has 6 heteroatoms. The summed E-state index contributed by atoms with van der Waals surface area (Å²) in [5.41, 5.74) is 1.90. The summed E-state index contributed by atoms with van der Waals surface area (Å²) in [4.78, 5) is 26.3. The van der Waals surface area contributed by atoms with Gasteiger partial charge in [0.1, 0.15) is 18.5 Å². The second-order valence-electron chi connectivity index (χ2n) is 6.21. The molecule has 0 aliphatic carbocycles. The fraction of sp³-hybridized carbons (Fsp3) is 0.300. The van der Waals surface area contributed by atoms with Gasteiger partial charge >= 0.3 is 0 Å². The number of morpholine rings is 1. The third kappa shape index (κ3) is 4.67. The van der Waals surface area contributed by atoms with E-state index in [4.69, 9.17) is 4.74 Å². The number of halogens is 1. The Bertz CT molecular complexity index is 749. The van der Waals surface area contributed by atoms with Crippen molar-refractivity contribution in [1.82, 2.24) is 10.2 Å². The summed E-state index contributed by atoms with van der Waals surface area (Å²) in [5, 5.41) is 2.87. The molecule has 136 valence electrons.